The van der Waals surface area contributed by atoms with E-state index in [2.05, 4.69) is 5.32 Å². The number of halogens is 3. The Kier molecular flexibility index (Phi) is 4.38. The average molecular weight is 304 g/mol. The van der Waals surface area contributed by atoms with Crippen LogP contribution in [0.15, 0.2) is 18.2 Å². The highest BCUT2D eigenvalue weighted by molar-refractivity contribution is 5.94. The third-order valence-electron chi connectivity index (χ3n) is 3.00. The van der Waals surface area contributed by atoms with E-state index in [1.54, 1.807) is 0 Å². The smallest absolute Gasteiger partial charge is 0.398 e. The largest absolute Gasteiger partial charge is 0.418 e. The Labute approximate surface area is 119 Å². The minimum atomic E-state index is -4.57. The number of hydrogen-bond acceptors (Lipinski definition) is 4. The molecule has 1 heterocycles. The summed E-state index contributed by atoms with van der Waals surface area (Å²) in [4.78, 5) is 11.8. The molecule has 21 heavy (non-hydrogen) atoms. The Bertz CT molecular complexity index is 530. The molecule has 1 fully saturated rings. The van der Waals surface area contributed by atoms with Gasteiger partial charge in [-0.1, -0.05) is 0 Å². The Hall–Kier alpha value is -1.80. The SMILES string of the molecule is CC(OC1COC1)C(=O)Nc1ccc(N)c(C(F)(F)F)c1. The Balaban J connectivity index is 2.03. The van der Waals surface area contributed by atoms with Crippen molar-refractivity contribution in [2.45, 2.75) is 25.3 Å². The van der Waals surface area contributed by atoms with Crippen molar-refractivity contribution < 1.29 is 27.4 Å². The Morgan fingerprint density at radius 3 is 2.67 bits per heavy atom. The molecule has 3 N–H and O–H groups in total. The predicted molar refractivity (Wildman–Crippen MR) is 69.6 cm³/mol. The molecule has 1 aromatic rings. The summed E-state index contributed by atoms with van der Waals surface area (Å²) < 4.78 is 48.4. The van der Waals surface area contributed by atoms with Gasteiger partial charge in [-0.05, 0) is 25.1 Å². The highest BCUT2D eigenvalue weighted by Crippen LogP contribution is 2.35. The van der Waals surface area contributed by atoms with Gasteiger partial charge in [-0.15, -0.1) is 0 Å². The van der Waals surface area contributed by atoms with Crippen molar-refractivity contribution in [2.75, 3.05) is 24.3 Å². The normalized spacial score (nSPS) is 17.1. The van der Waals surface area contributed by atoms with Crippen LogP contribution in [0, 0.1) is 0 Å². The van der Waals surface area contributed by atoms with Gasteiger partial charge in [0.15, 0.2) is 0 Å². The van der Waals surface area contributed by atoms with Crippen molar-refractivity contribution in [2.24, 2.45) is 0 Å². The number of nitrogens with two attached hydrogens (primary N) is 1. The molecule has 2 rings (SSSR count). The van der Waals surface area contributed by atoms with Gasteiger partial charge in [-0.2, -0.15) is 13.2 Å². The van der Waals surface area contributed by atoms with Crippen LogP contribution in [0.5, 0.6) is 0 Å². The highest BCUT2D eigenvalue weighted by Gasteiger charge is 2.33. The summed E-state index contributed by atoms with van der Waals surface area (Å²) in [5.74, 6) is -0.528. The van der Waals surface area contributed by atoms with Gasteiger partial charge in [-0.25, -0.2) is 0 Å². The maximum Gasteiger partial charge on any atom is 0.418 e. The van der Waals surface area contributed by atoms with Gasteiger partial charge in [0.1, 0.15) is 12.2 Å². The van der Waals surface area contributed by atoms with Crippen LogP contribution in [-0.2, 0) is 20.4 Å². The fourth-order valence-electron chi connectivity index (χ4n) is 1.77. The van der Waals surface area contributed by atoms with Gasteiger partial charge in [0.2, 0.25) is 0 Å². The first-order chi connectivity index (χ1) is 9.77. The van der Waals surface area contributed by atoms with E-state index in [4.69, 9.17) is 15.2 Å². The molecular formula is C13H15F3N2O3. The summed E-state index contributed by atoms with van der Waals surface area (Å²) in [6, 6.07) is 3.21. The lowest BCUT2D eigenvalue weighted by Gasteiger charge is -2.28. The molecule has 1 aliphatic rings. The summed E-state index contributed by atoms with van der Waals surface area (Å²) in [5.41, 5.74) is 3.92. The molecule has 1 amide bonds. The van der Waals surface area contributed by atoms with E-state index < -0.39 is 29.4 Å². The molecule has 0 saturated carbocycles. The molecule has 8 heteroatoms. The number of benzene rings is 1. The monoisotopic (exact) mass is 304 g/mol. The lowest BCUT2D eigenvalue weighted by atomic mass is 10.1. The van der Waals surface area contributed by atoms with Crippen molar-refractivity contribution in [3.63, 3.8) is 0 Å². The zero-order chi connectivity index (χ0) is 15.6. The number of alkyl halides is 3. The maximum absolute atomic E-state index is 12.7. The first-order valence-corrected chi connectivity index (χ1v) is 6.28. The van der Waals surface area contributed by atoms with Crippen LogP contribution in [-0.4, -0.2) is 31.3 Å². The Morgan fingerprint density at radius 2 is 2.14 bits per heavy atom. The van der Waals surface area contributed by atoms with Crippen LogP contribution in [0.1, 0.15) is 12.5 Å². The lowest BCUT2D eigenvalue weighted by Crippen LogP contribution is -2.41. The lowest BCUT2D eigenvalue weighted by molar-refractivity contribution is -0.161. The number of nitrogens with one attached hydrogen (secondary N) is 1. The van der Waals surface area contributed by atoms with E-state index in [1.165, 1.54) is 13.0 Å². The zero-order valence-electron chi connectivity index (χ0n) is 11.2. The van der Waals surface area contributed by atoms with E-state index in [-0.39, 0.29) is 11.8 Å². The number of carbonyl (C=O) groups is 1. The topological polar surface area (TPSA) is 73.6 Å². The van der Waals surface area contributed by atoms with Crippen LogP contribution >= 0.6 is 0 Å². The van der Waals surface area contributed by atoms with Crippen molar-refractivity contribution in [3.05, 3.63) is 23.8 Å². The average Bonchev–Trinajstić information content (AvgIpc) is 2.34. The third-order valence-corrected chi connectivity index (χ3v) is 3.00. The molecule has 1 aromatic carbocycles. The van der Waals surface area contributed by atoms with Crippen molar-refractivity contribution >= 4 is 17.3 Å². The molecule has 1 unspecified atom stereocenters. The quantitative estimate of drug-likeness (QED) is 0.835. The summed E-state index contributed by atoms with van der Waals surface area (Å²) in [7, 11) is 0. The summed E-state index contributed by atoms with van der Waals surface area (Å²) >= 11 is 0. The minimum Gasteiger partial charge on any atom is -0.398 e. The molecule has 0 radical (unpaired) electrons. The number of nitrogen functional groups attached to an aromatic ring is 1. The van der Waals surface area contributed by atoms with E-state index in [1.807, 2.05) is 0 Å². The summed E-state index contributed by atoms with van der Waals surface area (Å²) in [5, 5.41) is 2.37. The number of amides is 1. The van der Waals surface area contributed by atoms with E-state index >= 15 is 0 Å². The molecular weight excluding hydrogens is 289 g/mol. The van der Waals surface area contributed by atoms with Gasteiger partial charge in [0.25, 0.3) is 5.91 Å². The molecule has 1 saturated heterocycles. The van der Waals surface area contributed by atoms with Gasteiger partial charge in [0, 0.05) is 11.4 Å². The first kappa shape index (κ1) is 15.6. The van der Waals surface area contributed by atoms with E-state index in [9.17, 15) is 18.0 Å². The standard InChI is InChI=1S/C13H15F3N2O3/c1-7(21-9-5-20-6-9)12(19)18-8-2-3-11(17)10(4-8)13(14,15)16/h2-4,7,9H,5-6,17H2,1H3,(H,18,19). The number of carbonyl (C=O) groups excluding carboxylic acids is 1. The zero-order valence-corrected chi connectivity index (χ0v) is 11.2. The molecule has 0 bridgehead atoms. The number of hydrogen-bond donors (Lipinski definition) is 2. The number of rotatable bonds is 4. The van der Waals surface area contributed by atoms with Crippen molar-refractivity contribution in [3.8, 4) is 0 Å². The van der Waals surface area contributed by atoms with E-state index in [0.717, 1.165) is 12.1 Å². The number of anilines is 2. The Morgan fingerprint density at radius 1 is 1.48 bits per heavy atom. The highest BCUT2D eigenvalue weighted by atomic mass is 19.4. The van der Waals surface area contributed by atoms with Crippen LogP contribution in [0.2, 0.25) is 0 Å². The fraction of sp³-hybridized carbons (Fsp3) is 0.462. The van der Waals surface area contributed by atoms with Crippen molar-refractivity contribution in [1.82, 2.24) is 0 Å². The summed E-state index contributed by atoms with van der Waals surface area (Å²) in [6.07, 6.45) is -5.51. The van der Waals surface area contributed by atoms with E-state index in [0.29, 0.717) is 13.2 Å². The van der Waals surface area contributed by atoms with Gasteiger partial charge in [-0.3, -0.25) is 4.79 Å². The molecule has 1 atom stereocenters. The maximum atomic E-state index is 12.7. The fourth-order valence-corrected chi connectivity index (χ4v) is 1.77. The van der Waals surface area contributed by atoms with Gasteiger partial charge >= 0.3 is 6.18 Å². The van der Waals surface area contributed by atoms with Crippen molar-refractivity contribution in [1.29, 1.82) is 0 Å². The van der Waals surface area contributed by atoms with Crippen LogP contribution in [0.4, 0.5) is 24.5 Å². The van der Waals surface area contributed by atoms with Crippen LogP contribution in [0.3, 0.4) is 0 Å². The molecule has 1 aliphatic heterocycles. The second-order valence-electron chi connectivity index (χ2n) is 4.73. The third kappa shape index (κ3) is 3.85. The molecule has 0 aromatic heterocycles. The second kappa shape index (κ2) is 5.90. The van der Waals surface area contributed by atoms with Crippen LogP contribution < -0.4 is 11.1 Å². The molecule has 5 nitrogen and oxygen atoms in total. The molecule has 116 valence electrons. The second-order valence-corrected chi connectivity index (χ2v) is 4.73. The summed E-state index contributed by atoms with van der Waals surface area (Å²) in [6.45, 7) is 2.35. The number of ether oxygens (including phenoxy) is 2. The molecule has 0 aliphatic carbocycles. The van der Waals surface area contributed by atoms with Crippen LogP contribution in [0.25, 0.3) is 0 Å². The first-order valence-electron chi connectivity index (χ1n) is 6.28. The molecule has 0 spiro atoms. The van der Waals surface area contributed by atoms with Gasteiger partial charge in [0.05, 0.1) is 18.8 Å². The predicted octanol–water partition coefficient (Wildman–Crippen LogP) is 2.03. The minimum absolute atomic E-state index is 0.0156. The van der Waals surface area contributed by atoms with Gasteiger partial charge < -0.3 is 20.5 Å².